The molecule has 0 aliphatic rings. The first kappa shape index (κ1) is 8.30. The Morgan fingerprint density at radius 3 is 2.45 bits per heavy atom. The molecule has 0 aliphatic carbocycles. The van der Waals surface area contributed by atoms with Gasteiger partial charge in [0.15, 0.2) is 0 Å². The first-order chi connectivity index (χ1) is 5.16. The predicted octanol–water partition coefficient (Wildman–Crippen LogP) is 3.10. The van der Waals surface area contributed by atoms with E-state index in [0.717, 1.165) is 0 Å². The van der Waals surface area contributed by atoms with Crippen LogP contribution in [0.2, 0.25) is 10.0 Å². The van der Waals surface area contributed by atoms with Gasteiger partial charge >= 0.3 is 0 Å². The number of phenols is 1. The average Bonchev–Trinajstić information content (AvgIpc) is 2.01. The highest BCUT2D eigenvalue weighted by molar-refractivity contribution is 6.44. The number of benzene rings is 1. The summed E-state index contributed by atoms with van der Waals surface area (Å²) in [5.41, 5.74) is 0.0227. The summed E-state index contributed by atoms with van der Waals surface area (Å²) in [5, 5.41) is 11.5. The Labute approximate surface area is 72.5 Å². The summed E-state index contributed by atoms with van der Waals surface area (Å²) in [6, 6.07) is 2.54. The summed E-state index contributed by atoms with van der Waals surface area (Å²) in [7, 11) is 0. The zero-order valence-corrected chi connectivity index (χ0v) is 6.73. The molecule has 1 aromatic carbocycles. The topological polar surface area (TPSA) is 49.7 Å². The van der Waals surface area contributed by atoms with Crippen molar-refractivity contribution < 1.29 is 5.11 Å². The van der Waals surface area contributed by atoms with E-state index < -0.39 is 0 Å². The monoisotopic (exact) mass is 191 g/mol. The van der Waals surface area contributed by atoms with Crippen LogP contribution in [0.4, 0.5) is 5.69 Å². The van der Waals surface area contributed by atoms with Crippen molar-refractivity contribution in [1.82, 2.24) is 0 Å². The van der Waals surface area contributed by atoms with Gasteiger partial charge < -0.3 is 5.11 Å². The molecular weight excluding hydrogens is 189 g/mol. The fourth-order valence-corrected chi connectivity index (χ4v) is 0.954. The second-order valence-electron chi connectivity index (χ2n) is 1.82. The molecule has 0 aromatic heterocycles. The Kier molecular flexibility index (Phi) is 2.31. The Hall–Kier alpha value is -0.800. The predicted molar refractivity (Wildman–Crippen MR) is 43.6 cm³/mol. The van der Waals surface area contributed by atoms with Crippen molar-refractivity contribution in [1.29, 1.82) is 0 Å². The standard InChI is InChI=1S/C6H3Cl2NO2/c7-5-3(9-11)1-2-4(10)6(5)8/h1-2,10H. The molecule has 3 nitrogen and oxygen atoms in total. The minimum Gasteiger partial charge on any atom is -0.506 e. The van der Waals surface area contributed by atoms with Crippen molar-refractivity contribution in [3.63, 3.8) is 0 Å². The highest BCUT2D eigenvalue weighted by atomic mass is 35.5. The van der Waals surface area contributed by atoms with E-state index in [1.165, 1.54) is 12.1 Å². The second kappa shape index (κ2) is 3.07. The number of hydrogen-bond donors (Lipinski definition) is 1. The molecule has 0 amide bonds. The molecule has 0 unspecified atom stereocenters. The minimum atomic E-state index is -0.163. The summed E-state index contributed by atoms with van der Waals surface area (Å²) >= 11 is 11.0. The van der Waals surface area contributed by atoms with Gasteiger partial charge in [0.25, 0.3) is 0 Å². The van der Waals surface area contributed by atoms with Crippen LogP contribution in [0.15, 0.2) is 17.3 Å². The maximum Gasteiger partial charge on any atom is 0.135 e. The van der Waals surface area contributed by atoms with Crippen LogP contribution in [0, 0.1) is 4.91 Å². The van der Waals surface area contributed by atoms with Gasteiger partial charge in [-0.15, -0.1) is 4.91 Å². The Morgan fingerprint density at radius 2 is 1.91 bits per heavy atom. The summed E-state index contributed by atoms with van der Waals surface area (Å²) < 4.78 is 0. The van der Waals surface area contributed by atoms with Gasteiger partial charge in [-0.25, -0.2) is 0 Å². The molecule has 0 saturated carbocycles. The SMILES string of the molecule is O=Nc1ccc(O)c(Cl)c1Cl. The third-order valence-corrected chi connectivity index (χ3v) is 2.00. The maximum atomic E-state index is 10.0. The molecule has 11 heavy (non-hydrogen) atoms. The number of nitrogens with zero attached hydrogens (tertiary/aromatic N) is 1. The van der Waals surface area contributed by atoms with Crippen LogP contribution < -0.4 is 0 Å². The van der Waals surface area contributed by atoms with Crippen LogP contribution in [0.25, 0.3) is 0 Å². The van der Waals surface area contributed by atoms with Gasteiger partial charge in [0, 0.05) is 0 Å². The molecule has 5 heteroatoms. The molecular formula is C6H3Cl2NO2. The van der Waals surface area contributed by atoms with E-state index >= 15 is 0 Å². The highest BCUT2D eigenvalue weighted by Gasteiger charge is 2.08. The lowest BCUT2D eigenvalue weighted by molar-refractivity contribution is 0.475. The van der Waals surface area contributed by atoms with Crippen molar-refractivity contribution in [3.8, 4) is 5.75 Å². The number of rotatable bonds is 1. The fourth-order valence-electron chi connectivity index (χ4n) is 0.600. The van der Waals surface area contributed by atoms with E-state index in [-0.39, 0.29) is 21.5 Å². The number of phenolic OH excluding ortho intramolecular Hbond substituents is 1. The Balaban J connectivity index is 3.36. The van der Waals surface area contributed by atoms with Crippen LogP contribution >= 0.6 is 23.2 Å². The van der Waals surface area contributed by atoms with Crippen LogP contribution in [-0.4, -0.2) is 5.11 Å². The largest absolute Gasteiger partial charge is 0.506 e. The quantitative estimate of drug-likeness (QED) is 0.694. The summed E-state index contributed by atoms with van der Waals surface area (Å²) in [6.45, 7) is 0. The first-order valence-corrected chi connectivity index (χ1v) is 3.42. The molecule has 1 N–H and O–H groups in total. The number of hydrogen-bond acceptors (Lipinski definition) is 3. The Bertz CT molecular complexity index is 301. The lowest BCUT2D eigenvalue weighted by Gasteiger charge is -1.98. The molecule has 0 radical (unpaired) electrons. The number of nitroso groups, excluding NO2 is 1. The van der Waals surface area contributed by atoms with E-state index in [0.29, 0.717) is 0 Å². The Morgan fingerprint density at radius 1 is 1.27 bits per heavy atom. The molecule has 1 rings (SSSR count). The van der Waals surface area contributed by atoms with Crippen molar-refractivity contribution >= 4 is 28.9 Å². The fraction of sp³-hybridized carbons (Fsp3) is 0. The van der Waals surface area contributed by atoms with Crippen LogP contribution in [-0.2, 0) is 0 Å². The molecule has 0 saturated heterocycles. The summed E-state index contributed by atoms with van der Waals surface area (Å²) in [4.78, 5) is 10.0. The zero-order valence-electron chi connectivity index (χ0n) is 5.21. The summed E-state index contributed by atoms with van der Waals surface area (Å²) in [5.74, 6) is -0.163. The van der Waals surface area contributed by atoms with Crippen LogP contribution in [0.1, 0.15) is 0 Å². The molecule has 1 aromatic rings. The van der Waals surface area contributed by atoms with Crippen molar-refractivity contribution in [3.05, 3.63) is 27.1 Å². The van der Waals surface area contributed by atoms with Gasteiger partial charge in [0.1, 0.15) is 16.5 Å². The van der Waals surface area contributed by atoms with Gasteiger partial charge in [0.05, 0.1) is 5.02 Å². The number of halogens is 2. The first-order valence-electron chi connectivity index (χ1n) is 2.67. The molecule has 58 valence electrons. The van der Waals surface area contributed by atoms with E-state index in [9.17, 15) is 4.91 Å². The third-order valence-electron chi connectivity index (χ3n) is 1.14. The maximum absolute atomic E-state index is 10.0. The zero-order chi connectivity index (χ0) is 8.43. The molecule has 0 aliphatic heterocycles. The minimum absolute atomic E-state index is 0.0227. The lowest BCUT2D eigenvalue weighted by Crippen LogP contribution is -1.71. The summed E-state index contributed by atoms with van der Waals surface area (Å²) in [6.07, 6.45) is 0. The average molecular weight is 192 g/mol. The lowest BCUT2D eigenvalue weighted by atomic mass is 10.3. The van der Waals surface area contributed by atoms with Gasteiger partial charge in [0.2, 0.25) is 0 Å². The van der Waals surface area contributed by atoms with E-state index in [1.54, 1.807) is 0 Å². The van der Waals surface area contributed by atoms with Crippen molar-refractivity contribution in [2.24, 2.45) is 5.18 Å². The van der Waals surface area contributed by atoms with E-state index in [4.69, 9.17) is 28.3 Å². The second-order valence-corrected chi connectivity index (χ2v) is 2.58. The van der Waals surface area contributed by atoms with Crippen LogP contribution in [0.3, 0.4) is 0 Å². The normalized spacial score (nSPS) is 9.64. The van der Waals surface area contributed by atoms with Gasteiger partial charge in [-0.05, 0) is 17.3 Å². The van der Waals surface area contributed by atoms with Gasteiger partial charge in [-0.3, -0.25) is 0 Å². The van der Waals surface area contributed by atoms with Crippen LogP contribution in [0.5, 0.6) is 5.75 Å². The molecule has 0 fully saturated rings. The van der Waals surface area contributed by atoms with E-state index in [2.05, 4.69) is 5.18 Å². The van der Waals surface area contributed by atoms with E-state index in [1.807, 2.05) is 0 Å². The van der Waals surface area contributed by atoms with Crippen molar-refractivity contribution in [2.45, 2.75) is 0 Å². The third kappa shape index (κ3) is 1.44. The molecule has 0 bridgehead atoms. The van der Waals surface area contributed by atoms with Gasteiger partial charge in [-0.1, -0.05) is 23.2 Å². The number of aromatic hydroxyl groups is 1. The van der Waals surface area contributed by atoms with Crippen molar-refractivity contribution in [2.75, 3.05) is 0 Å². The highest BCUT2D eigenvalue weighted by Crippen LogP contribution is 2.37. The smallest absolute Gasteiger partial charge is 0.135 e. The molecule has 0 heterocycles. The molecule has 0 spiro atoms. The van der Waals surface area contributed by atoms with Gasteiger partial charge in [-0.2, -0.15) is 0 Å². The molecule has 0 atom stereocenters.